The average Bonchev–Trinajstić information content (AvgIpc) is 3.29. The average molecular weight is 309 g/mol. The maximum Gasteiger partial charge on any atom is 0.336 e. The van der Waals surface area contributed by atoms with E-state index < -0.39 is 5.97 Å². The number of nitrogens with one attached hydrogen (secondary N) is 1. The van der Waals surface area contributed by atoms with Gasteiger partial charge in [0, 0.05) is 12.1 Å². The number of anilines is 1. The summed E-state index contributed by atoms with van der Waals surface area (Å²) in [6.45, 7) is 1.74. The minimum atomic E-state index is -0.982. The summed E-state index contributed by atoms with van der Waals surface area (Å²) in [4.78, 5) is 23.3. The molecule has 0 unspecified atom stereocenters. The van der Waals surface area contributed by atoms with Crippen molar-refractivity contribution in [2.24, 2.45) is 5.92 Å². The zero-order valence-electron chi connectivity index (χ0n) is 13.0. The fourth-order valence-corrected chi connectivity index (χ4v) is 2.96. The van der Waals surface area contributed by atoms with Crippen molar-refractivity contribution in [1.29, 1.82) is 0 Å². The first-order valence-electron chi connectivity index (χ1n) is 7.73. The first-order valence-corrected chi connectivity index (χ1v) is 7.73. The lowest BCUT2D eigenvalue weighted by Crippen LogP contribution is -2.13. The van der Waals surface area contributed by atoms with Crippen LogP contribution in [0.2, 0.25) is 0 Å². The normalized spacial score (nSPS) is 19.2. The number of aromatic carboxylic acids is 1. The minimum Gasteiger partial charge on any atom is -0.478 e. The molecule has 0 aromatic heterocycles. The van der Waals surface area contributed by atoms with Crippen molar-refractivity contribution in [2.45, 2.75) is 25.7 Å². The Morgan fingerprint density at radius 2 is 1.91 bits per heavy atom. The molecule has 2 N–H and O–H groups in total. The summed E-state index contributed by atoms with van der Waals surface area (Å²) in [5.74, 6) is -0.199. The van der Waals surface area contributed by atoms with Crippen LogP contribution in [0.1, 0.15) is 40.2 Å². The lowest BCUT2D eigenvalue weighted by molar-refractivity contribution is -0.116. The highest BCUT2D eigenvalue weighted by Gasteiger charge is 2.39. The fourth-order valence-electron chi connectivity index (χ4n) is 2.96. The van der Waals surface area contributed by atoms with E-state index in [9.17, 15) is 9.59 Å². The van der Waals surface area contributed by atoms with Gasteiger partial charge in [-0.05, 0) is 48.4 Å². The molecule has 0 heterocycles. The lowest BCUT2D eigenvalue weighted by atomic mass is 10.1. The van der Waals surface area contributed by atoms with Gasteiger partial charge < -0.3 is 10.4 Å². The Labute approximate surface area is 135 Å². The first-order chi connectivity index (χ1) is 11.0. The van der Waals surface area contributed by atoms with Crippen molar-refractivity contribution in [1.82, 2.24) is 0 Å². The summed E-state index contributed by atoms with van der Waals surface area (Å²) in [5, 5.41) is 11.9. The number of hydrogen-bond donors (Lipinski definition) is 2. The van der Waals surface area contributed by atoms with Crippen molar-refractivity contribution in [3.8, 4) is 0 Å². The molecule has 1 saturated carbocycles. The van der Waals surface area contributed by atoms with E-state index in [1.165, 1.54) is 11.6 Å². The van der Waals surface area contributed by atoms with Crippen LogP contribution in [0.3, 0.4) is 0 Å². The van der Waals surface area contributed by atoms with Gasteiger partial charge in [-0.3, -0.25) is 4.79 Å². The van der Waals surface area contributed by atoms with E-state index in [1.807, 2.05) is 18.2 Å². The molecule has 3 rings (SSSR count). The molecular formula is C19H19NO3. The number of amides is 1. The van der Waals surface area contributed by atoms with Crippen LogP contribution in [0.15, 0.2) is 48.5 Å². The van der Waals surface area contributed by atoms with Gasteiger partial charge in [0.15, 0.2) is 0 Å². The van der Waals surface area contributed by atoms with Gasteiger partial charge in [-0.25, -0.2) is 4.79 Å². The summed E-state index contributed by atoms with van der Waals surface area (Å²) in [6.07, 6.45) is 1.50. The third-order valence-electron chi connectivity index (χ3n) is 4.35. The highest BCUT2D eigenvalue weighted by Crippen LogP contribution is 2.49. The molecule has 2 aromatic rings. The third kappa shape index (κ3) is 3.59. The Bertz CT molecular complexity index is 740. The minimum absolute atomic E-state index is 0.0615. The number of carboxylic acid groups (broad SMARTS) is 1. The summed E-state index contributed by atoms with van der Waals surface area (Å²) < 4.78 is 0. The van der Waals surface area contributed by atoms with Gasteiger partial charge in [-0.2, -0.15) is 0 Å². The number of hydrogen-bond acceptors (Lipinski definition) is 2. The van der Waals surface area contributed by atoms with E-state index in [4.69, 9.17) is 5.11 Å². The van der Waals surface area contributed by atoms with Crippen LogP contribution in [-0.4, -0.2) is 17.0 Å². The number of aryl methyl sites for hydroxylation is 1. The Kier molecular flexibility index (Phi) is 4.15. The maximum absolute atomic E-state index is 12.1. The highest BCUT2D eigenvalue weighted by molar-refractivity contribution is 5.95. The molecule has 0 radical (unpaired) electrons. The van der Waals surface area contributed by atoms with Crippen LogP contribution in [0.4, 0.5) is 5.69 Å². The molecule has 2 atom stereocenters. The topological polar surface area (TPSA) is 66.4 Å². The van der Waals surface area contributed by atoms with Gasteiger partial charge in [0.05, 0.1) is 5.56 Å². The van der Waals surface area contributed by atoms with Gasteiger partial charge in [-0.15, -0.1) is 0 Å². The Hall–Kier alpha value is -2.62. The van der Waals surface area contributed by atoms with Crippen molar-refractivity contribution < 1.29 is 14.7 Å². The molecule has 1 aliphatic rings. The number of rotatable bonds is 5. The second kappa shape index (κ2) is 6.24. The van der Waals surface area contributed by atoms with Gasteiger partial charge >= 0.3 is 5.97 Å². The SMILES string of the molecule is Cc1ccc(NC(=O)C[C@@H]2C[C@H]2c2ccccc2)cc1C(=O)O. The molecule has 1 fully saturated rings. The molecule has 2 aromatic carbocycles. The van der Waals surface area contributed by atoms with E-state index in [0.717, 1.165) is 6.42 Å². The highest BCUT2D eigenvalue weighted by atomic mass is 16.4. The lowest BCUT2D eigenvalue weighted by Gasteiger charge is -2.08. The monoisotopic (exact) mass is 309 g/mol. The summed E-state index contributed by atoms with van der Waals surface area (Å²) in [5.41, 5.74) is 2.72. The van der Waals surface area contributed by atoms with Crippen LogP contribution in [-0.2, 0) is 4.79 Å². The van der Waals surface area contributed by atoms with E-state index >= 15 is 0 Å². The Morgan fingerprint density at radius 3 is 2.61 bits per heavy atom. The molecule has 0 saturated heterocycles. The van der Waals surface area contributed by atoms with Gasteiger partial charge in [0.2, 0.25) is 5.91 Å². The molecule has 118 valence electrons. The van der Waals surface area contributed by atoms with Crippen LogP contribution in [0.25, 0.3) is 0 Å². The predicted molar refractivity (Wildman–Crippen MR) is 88.7 cm³/mol. The molecular weight excluding hydrogens is 290 g/mol. The fraction of sp³-hybridized carbons (Fsp3) is 0.263. The predicted octanol–water partition coefficient (Wildman–Crippen LogP) is 3.83. The standard InChI is InChI=1S/C19H19NO3/c1-12-7-8-15(11-16(12)19(22)23)20-18(21)10-14-9-17(14)13-5-3-2-4-6-13/h2-8,11,14,17H,9-10H2,1H3,(H,20,21)(H,22,23)/t14-,17-/m0/s1. The molecule has 4 nitrogen and oxygen atoms in total. The quantitative estimate of drug-likeness (QED) is 0.882. The molecule has 0 spiro atoms. The van der Waals surface area contributed by atoms with Crippen molar-refractivity contribution in [3.05, 3.63) is 65.2 Å². The second-order valence-electron chi connectivity index (χ2n) is 6.10. The van der Waals surface area contributed by atoms with Crippen LogP contribution >= 0.6 is 0 Å². The third-order valence-corrected chi connectivity index (χ3v) is 4.35. The summed E-state index contributed by atoms with van der Waals surface area (Å²) in [7, 11) is 0. The first kappa shape index (κ1) is 15.3. The van der Waals surface area contributed by atoms with Crippen LogP contribution in [0, 0.1) is 12.8 Å². The van der Waals surface area contributed by atoms with Crippen molar-refractivity contribution >= 4 is 17.6 Å². The summed E-state index contributed by atoms with van der Waals surface area (Å²) >= 11 is 0. The van der Waals surface area contributed by atoms with Gasteiger partial charge in [0.25, 0.3) is 0 Å². The zero-order chi connectivity index (χ0) is 16.4. The molecule has 0 aliphatic heterocycles. The van der Waals surface area contributed by atoms with E-state index in [-0.39, 0.29) is 11.5 Å². The number of benzene rings is 2. The van der Waals surface area contributed by atoms with E-state index in [2.05, 4.69) is 17.4 Å². The zero-order valence-corrected chi connectivity index (χ0v) is 13.0. The molecule has 1 amide bonds. The Morgan fingerprint density at radius 1 is 1.17 bits per heavy atom. The largest absolute Gasteiger partial charge is 0.478 e. The van der Waals surface area contributed by atoms with Crippen molar-refractivity contribution in [3.63, 3.8) is 0 Å². The number of carboxylic acids is 1. The number of carbonyl (C=O) groups is 2. The smallest absolute Gasteiger partial charge is 0.336 e. The number of carbonyl (C=O) groups excluding carboxylic acids is 1. The van der Waals surface area contributed by atoms with Gasteiger partial charge in [0.1, 0.15) is 0 Å². The van der Waals surface area contributed by atoms with E-state index in [0.29, 0.717) is 29.5 Å². The van der Waals surface area contributed by atoms with Gasteiger partial charge in [-0.1, -0.05) is 36.4 Å². The van der Waals surface area contributed by atoms with E-state index in [1.54, 1.807) is 19.1 Å². The van der Waals surface area contributed by atoms with Crippen molar-refractivity contribution in [2.75, 3.05) is 5.32 Å². The Balaban J connectivity index is 1.59. The molecule has 0 bridgehead atoms. The molecule has 4 heteroatoms. The second-order valence-corrected chi connectivity index (χ2v) is 6.10. The van der Waals surface area contributed by atoms with Crippen LogP contribution < -0.4 is 5.32 Å². The molecule has 23 heavy (non-hydrogen) atoms. The van der Waals surface area contributed by atoms with Crippen LogP contribution in [0.5, 0.6) is 0 Å². The summed E-state index contributed by atoms with van der Waals surface area (Å²) in [6, 6.07) is 15.2. The molecule has 1 aliphatic carbocycles. The maximum atomic E-state index is 12.1.